The first kappa shape index (κ1) is 17.4. The van der Waals surface area contributed by atoms with Crippen molar-refractivity contribution in [3.63, 3.8) is 0 Å². The summed E-state index contributed by atoms with van der Waals surface area (Å²) in [7, 11) is 0. The fourth-order valence-electron chi connectivity index (χ4n) is 2.89. The zero-order valence-electron chi connectivity index (χ0n) is 13.1. The van der Waals surface area contributed by atoms with Crippen molar-refractivity contribution in [1.82, 2.24) is 4.90 Å². The van der Waals surface area contributed by atoms with Crippen LogP contribution < -0.4 is 4.74 Å². The number of amides is 1. The number of carbonyl (C=O) groups excluding carboxylic acids is 1. The molecule has 1 aliphatic rings. The van der Waals surface area contributed by atoms with Crippen LogP contribution in [-0.4, -0.2) is 46.2 Å². The van der Waals surface area contributed by atoms with E-state index in [4.69, 9.17) is 16.3 Å². The minimum absolute atomic E-state index is 0.0266. The van der Waals surface area contributed by atoms with Gasteiger partial charge in [-0.2, -0.15) is 0 Å². The quantitative estimate of drug-likeness (QED) is 0.879. The number of piperidine rings is 1. The van der Waals surface area contributed by atoms with E-state index in [0.717, 1.165) is 0 Å². The van der Waals surface area contributed by atoms with Gasteiger partial charge in [0.25, 0.3) is 5.91 Å². The molecule has 0 bridgehead atoms. The second-order valence-electron chi connectivity index (χ2n) is 5.56. The second kappa shape index (κ2) is 7.08. The first-order chi connectivity index (χ1) is 10.9. The van der Waals surface area contributed by atoms with Gasteiger partial charge in [-0.25, -0.2) is 0 Å². The largest absolute Gasteiger partial charge is 0.503 e. The molecule has 1 aliphatic heterocycles. The number of nitrogens with zero attached hydrogens (tertiary/aromatic N) is 1. The van der Waals surface area contributed by atoms with Crippen LogP contribution in [0.15, 0.2) is 12.1 Å². The van der Waals surface area contributed by atoms with Gasteiger partial charge in [-0.1, -0.05) is 11.6 Å². The molecule has 126 valence electrons. The highest BCUT2D eigenvalue weighted by atomic mass is 35.5. The summed E-state index contributed by atoms with van der Waals surface area (Å²) in [6.07, 6.45) is 1.19. The maximum Gasteiger partial charge on any atom is 0.308 e. The fourth-order valence-corrected chi connectivity index (χ4v) is 3.10. The summed E-state index contributed by atoms with van der Waals surface area (Å²) >= 11 is 5.96. The summed E-state index contributed by atoms with van der Waals surface area (Å²) in [4.78, 5) is 25.6. The van der Waals surface area contributed by atoms with Crippen LogP contribution in [0.3, 0.4) is 0 Å². The number of hydrogen-bond donors (Lipinski definition) is 2. The Morgan fingerprint density at radius 3 is 2.74 bits per heavy atom. The molecule has 6 nitrogen and oxygen atoms in total. The number of carbonyl (C=O) groups is 2. The van der Waals surface area contributed by atoms with E-state index in [1.165, 1.54) is 12.1 Å². The Balaban J connectivity index is 2.31. The molecule has 1 aromatic rings. The Hall–Kier alpha value is -1.95. The maximum absolute atomic E-state index is 12.7. The van der Waals surface area contributed by atoms with E-state index in [2.05, 4.69) is 0 Å². The van der Waals surface area contributed by atoms with E-state index in [1.54, 1.807) is 18.7 Å². The molecule has 1 saturated heterocycles. The Bertz CT molecular complexity index is 619. The van der Waals surface area contributed by atoms with Gasteiger partial charge in [-0.3, -0.25) is 9.59 Å². The molecule has 2 atom stereocenters. The number of halogens is 1. The van der Waals surface area contributed by atoms with E-state index >= 15 is 0 Å². The molecule has 1 amide bonds. The van der Waals surface area contributed by atoms with Gasteiger partial charge in [0.15, 0.2) is 11.5 Å². The minimum atomic E-state index is -0.895. The van der Waals surface area contributed by atoms with Crippen LogP contribution >= 0.6 is 11.6 Å². The normalized spacial score (nSPS) is 21.1. The Labute approximate surface area is 139 Å². The van der Waals surface area contributed by atoms with E-state index in [1.807, 2.05) is 0 Å². The lowest BCUT2D eigenvalue weighted by Crippen LogP contribution is -2.49. The Kier molecular flexibility index (Phi) is 5.36. The van der Waals surface area contributed by atoms with Crippen LogP contribution in [0.1, 0.15) is 37.0 Å². The number of phenols is 1. The number of aromatic hydroxyl groups is 1. The standard InChI is InChI=1S/C16H20ClNO5/c1-3-23-13-8-10(7-12(17)14(13)19)15(20)18-6-4-5-11(9(18)2)16(21)22/h7-9,11,19H,3-6H2,1-2H3,(H,21,22)/t9-,11-/m0/s1. The van der Waals surface area contributed by atoms with Crippen LogP contribution in [-0.2, 0) is 4.79 Å². The van der Waals surface area contributed by atoms with Crippen LogP contribution in [0.2, 0.25) is 5.02 Å². The third-order valence-electron chi connectivity index (χ3n) is 4.14. The van der Waals surface area contributed by atoms with Gasteiger partial charge in [-0.05, 0) is 38.8 Å². The number of phenolic OH excluding ortho intramolecular Hbond substituents is 1. The van der Waals surface area contributed by atoms with Crippen molar-refractivity contribution < 1.29 is 24.5 Å². The van der Waals surface area contributed by atoms with Crippen molar-refractivity contribution >= 4 is 23.5 Å². The minimum Gasteiger partial charge on any atom is -0.503 e. The molecular weight excluding hydrogens is 322 g/mol. The van der Waals surface area contributed by atoms with E-state index < -0.39 is 17.9 Å². The van der Waals surface area contributed by atoms with Crippen molar-refractivity contribution in [1.29, 1.82) is 0 Å². The molecule has 0 unspecified atom stereocenters. The van der Waals surface area contributed by atoms with Crippen LogP contribution in [0.25, 0.3) is 0 Å². The zero-order chi connectivity index (χ0) is 17.1. The second-order valence-corrected chi connectivity index (χ2v) is 5.97. The highest BCUT2D eigenvalue weighted by Gasteiger charge is 2.36. The van der Waals surface area contributed by atoms with Gasteiger partial charge in [0, 0.05) is 18.2 Å². The fraction of sp³-hybridized carbons (Fsp3) is 0.500. The summed E-state index contributed by atoms with van der Waals surface area (Å²) in [6, 6.07) is 2.40. The first-order valence-electron chi connectivity index (χ1n) is 7.55. The van der Waals surface area contributed by atoms with Gasteiger partial charge < -0.3 is 19.8 Å². The van der Waals surface area contributed by atoms with Gasteiger partial charge in [0.05, 0.1) is 17.5 Å². The molecule has 1 aromatic carbocycles. The van der Waals surface area contributed by atoms with Crippen LogP contribution in [0, 0.1) is 5.92 Å². The molecule has 23 heavy (non-hydrogen) atoms. The van der Waals surface area contributed by atoms with E-state index in [0.29, 0.717) is 26.0 Å². The van der Waals surface area contributed by atoms with Crippen LogP contribution in [0.5, 0.6) is 11.5 Å². The topological polar surface area (TPSA) is 87.1 Å². The number of aliphatic carboxylic acids is 1. The number of likely N-dealkylation sites (tertiary alicyclic amines) is 1. The molecule has 2 N–H and O–H groups in total. The van der Waals surface area contributed by atoms with Gasteiger partial charge in [0.2, 0.25) is 0 Å². The lowest BCUT2D eigenvalue weighted by molar-refractivity contribution is -0.144. The number of ether oxygens (including phenoxy) is 1. The average molecular weight is 342 g/mol. The summed E-state index contributed by atoms with van der Waals surface area (Å²) in [5.74, 6) is -1.85. The average Bonchev–Trinajstić information content (AvgIpc) is 2.51. The van der Waals surface area contributed by atoms with Crippen molar-refractivity contribution in [3.8, 4) is 11.5 Å². The predicted molar refractivity (Wildman–Crippen MR) is 85.1 cm³/mol. The molecule has 1 heterocycles. The Morgan fingerprint density at radius 1 is 1.43 bits per heavy atom. The molecule has 0 aliphatic carbocycles. The molecule has 0 spiro atoms. The first-order valence-corrected chi connectivity index (χ1v) is 7.93. The van der Waals surface area contributed by atoms with Gasteiger partial charge in [0.1, 0.15) is 0 Å². The molecule has 0 saturated carbocycles. The number of carboxylic acid groups (broad SMARTS) is 1. The molecule has 7 heteroatoms. The SMILES string of the molecule is CCOc1cc(C(=O)N2CCC[C@H](C(=O)O)[C@@H]2C)cc(Cl)c1O. The lowest BCUT2D eigenvalue weighted by atomic mass is 9.90. The summed E-state index contributed by atoms with van der Waals surface area (Å²) < 4.78 is 5.28. The number of hydrogen-bond acceptors (Lipinski definition) is 4. The van der Waals surface area contributed by atoms with Gasteiger partial charge >= 0.3 is 5.97 Å². The summed E-state index contributed by atoms with van der Waals surface area (Å²) in [6.45, 7) is 4.31. The number of benzene rings is 1. The maximum atomic E-state index is 12.7. The van der Waals surface area contributed by atoms with Crippen molar-refractivity contribution in [2.24, 2.45) is 5.92 Å². The van der Waals surface area contributed by atoms with Gasteiger partial charge in [-0.15, -0.1) is 0 Å². The number of carboxylic acids is 1. The highest BCUT2D eigenvalue weighted by molar-refractivity contribution is 6.32. The molecule has 1 fully saturated rings. The van der Waals surface area contributed by atoms with Crippen molar-refractivity contribution in [3.05, 3.63) is 22.7 Å². The molecule has 2 rings (SSSR count). The third-order valence-corrected chi connectivity index (χ3v) is 4.43. The van der Waals surface area contributed by atoms with E-state index in [-0.39, 0.29) is 28.0 Å². The smallest absolute Gasteiger partial charge is 0.308 e. The number of rotatable bonds is 4. The van der Waals surface area contributed by atoms with Crippen molar-refractivity contribution in [2.45, 2.75) is 32.7 Å². The summed E-state index contributed by atoms with van der Waals surface area (Å²) in [5, 5.41) is 19.1. The molecular formula is C16H20ClNO5. The monoisotopic (exact) mass is 341 g/mol. The molecule has 0 aromatic heterocycles. The summed E-state index contributed by atoms with van der Waals surface area (Å²) in [5.41, 5.74) is 0.272. The zero-order valence-corrected chi connectivity index (χ0v) is 13.8. The Morgan fingerprint density at radius 2 is 2.13 bits per heavy atom. The molecule has 0 radical (unpaired) electrons. The lowest BCUT2D eigenvalue weighted by Gasteiger charge is -2.37. The van der Waals surface area contributed by atoms with Crippen LogP contribution in [0.4, 0.5) is 0 Å². The van der Waals surface area contributed by atoms with E-state index in [9.17, 15) is 19.8 Å². The highest BCUT2D eigenvalue weighted by Crippen LogP contribution is 2.36. The third kappa shape index (κ3) is 3.52. The van der Waals surface area contributed by atoms with Crippen molar-refractivity contribution in [2.75, 3.05) is 13.2 Å². The predicted octanol–water partition coefficient (Wildman–Crippen LogP) is 2.77.